The van der Waals surface area contributed by atoms with Gasteiger partial charge in [0.15, 0.2) is 5.82 Å². The summed E-state index contributed by atoms with van der Waals surface area (Å²) in [5, 5.41) is 13.8. The van der Waals surface area contributed by atoms with E-state index in [9.17, 15) is 8.42 Å². The van der Waals surface area contributed by atoms with Crippen LogP contribution in [0.1, 0.15) is 35.2 Å². The van der Waals surface area contributed by atoms with E-state index in [1.807, 2.05) is 0 Å². The molecule has 0 spiro atoms. The second-order valence-corrected chi connectivity index (χ2v) is 8.95. The van der Waals surface area contributed by atoms with E-state index in [-0.39, 0.29) is 12.3 Å². The molecule has 10 heteroatoms. The van der Waals surface area contributed by atoms with Crippen molar-refractivity contribution in [2.75, 3.05) is 0 Å². The first-order chi connectivity index (χ1) is 11.5. The summed E-state index contributed by atoms with van der Waals surface area (Å²) in [6, 6.07) is 6.91. The van der Waals surface area contributed by atoms with Crippen molar-refractivity contribution in [3.63, 3.8) is 0 Å². The summed E-state index contributed by atoms with van der Waals surface area (Å²) < 4.78 is 28.8. The number of hydrogen-bond donors (Lipinski definition) is 1. The van der Waals surface area contributed by atoms with Gasteiger partial charge < -0.3 is 0 Å². The Bertz CT molecular complexity index is 994. The maximum Gasteiger partial charge on any atom is 0.234 e. The lowest BCUT2D eigenvalue weighted by molar-refractivity contribution is 0.579. The van der Waals surface area contributed by atoms with Gasteiger partial charge >= 0.3 is 0 Å². The van der Waals surface area contributed by atoms with E-state index in [1.165, 1.54) is 11.3 Å². The highest BCUT2D eigenvalue weighted by atomic mass is 35.5. The van der Waals surface area contributed by atoms with Crippen molar-refractivity contribution in [2.24, 2.45) is 0 Å². The molecule has 1 saturated carbocycles. The SMILES string of the molecule is O=S(=O)(Cc1ccccc1Cl)NCc1nn2c(C3CC3)nnc2s1. The summed E-state index contributed by atoms with van der Waals surface area (Å²) in [4.78, 5) is 0.692. The van der Waals surface area contributed by atoms with Gasteiger partial charge in [0, 0.05) is 10.9 Å². The van der Waals surface area contributed by atoms with Crippen molar-refractivity contribution in [1.82, 2.24) is 24.5 Å². The minimum Gasteiger partial charge on any atom is -0.212 e. The molecule has 126 valence electrons. The molecule has 1 aromatic carbocycles. The molecule has 1 fully saturated rings. The van der Waals surface area contributed by atoms with Gasteiger partial charge in [-0.3, -0.25) is 0 Å². The number of aromatic nitrogens is 4. The fourth-order valence-electron chi connectivity index (χ4n) is 2.38. The number of nitrogens with zero attached hydrogens (tertiary/aromatic N) is 4. The Kier molecular flexibility index (Phi) is 4.03. The smallest absolute Gasteiger partial charge is 0.212 e. The van der Waals surface area contributed by atoms with Crippen LogP contribution >= 0.6 is 22.9 Å². The highest BCUT2D eigenvalue weighted by molar-refractivity contribution is 7.88. The Morgan fingerprint density at radius 1 is 1.29 bits per heavy atom. The Morgan fingerprint density at radius 3 is 2.83 bits per heavy atom. The lowest BCUT2D eigenvalue weighted by Crippen LogP contribution is -2.24. The zero-order valence-electron chi connectivity index (χ0n) is 12.5. The third-order valence-corrected chi connectivity index (χ3v) is 6.29. The second-order valence-electron chi connectivity index (χ2n) is 5.69. The highest BCUT2D eigenvalue weighted by Crippen LogP contribution is 2.39. The second kappa shape index (κ2) is 6.07. The number of hydrogen-bond acceptors (Lipinski definition) is 6. The van der Waals surface area contributed by atoms with Crippen LogP contribution in [0.3, 0.4) is 0 Å². The number of fused-ring (bicyclic) bond motifs is 1. The minimum absolute atomic E-state index is 0.130. The van der Waals surface area contributed by atoms with Crippen molar-refractivity contribution in [3.8, 4) is 0 Å². The molecule has 1 aliphatic carbocycles. The fraction of sp³-hybridized carbons (Fsp3) is 0.357. The molecular formula is C14H14ClN5O2S2. The van der Waals surface area contributed by atoms with Crippen LogP contribution in [0, 0.1) is 0 Å². The van der Waals surface area contributed by atoms with Crippen molar-refractivity contribution >= 4 is 37.9 Å². The maximum absolute atomic E-state index is 12.2. The van der Waals surface area contributed by atoms with Crippen LogP contribution in [0.5, 0.6) is 0 Å². The van der Waals surface area contributed by atoms with E-state index in [0.29, 0.717) is 26.5 Å². The normalized spacial score (nSPS) is 15.2. The monoisotopic (exact) mass is 383 g/mol. The van der Waals surface area contributed by atoms with Gasteiger partial charge in [0.1, 0.15) is 5.01 Å². The first-order valence-electron chi connectivity index (χ1n) is 7.43. The molecule has 0 bridgehead atoms. The van der Waals surface area contributed by atoms with Gasteiger partial charge in [0.2, 0.25) is 15.0 Å². The van der Waals surface area contributed by atoms with Crippen molar-refractivity contribution in [2.45, 2.75) is 31.1 Å². The van der Waals surface area contributed by atoms with Gasteiger partial charge in [0.25, 0.3) is 0 Å². The highest BCUT2D eigenvalue weighted by Gasteiger charge is 2.30. The van der Waals surface area contributed by atoms with Crippen LogP contribution in [0.25, 0.3) is 4.96 Å². The van der Waals surface area contributed by atoms with Crippen LogP contribution in [0.4, 0.5) is 0 Å². The quantitative estimate of drug-likeness (QED) is 0.705. The molecule has 0 saturated heterocycles. The third kappa shape index (κ3) is 3.30. The van der Waals surface area contributed by atoms with E-state index in [1.54, 1.807) is 28.8 Å². The fourth-order valence-corrected chi connectivity index (χ4v) is 4.66. The molecule has 0 radical (unpaired) electrons. The molecule has 2 aromatic heterocycles. The van der Waals surface area contributed by atoms with Gasteiger partial charge in [0.05, 0.1) is 12.3 Å². The van der Waals surface area contributed by atoms with Gasteiger partial charge in [-0.15, -0.1) is 10.2 Å². The van der Waals surface area contributed by atoms with E-state index in [0.717, 1.165) is 18.7 Å². The van der Waals surface area contributed by atoms with E-state index >= 15 is 0 Å². The topological polar surface area (TPSA) is 89.2 Å². The van der Waals surface area contributed by atoms with Crippen LogP contribution < -0.4 is 4.72 Å². The molecule has 0 aliphatic heterocycles. The molecule has 24 heavy (non-hydrogen) atoms. The largest absolute Gasteiger partial charge is 0.234 e. The predicted octanol–water partition coefficient (Wildman–Crippen LogP) is 2.34. The molecule has 0 atom stereocenters. The molecule has 0 unspecified atom stereocenters. The summed E-state index contributed by atoms with van der Waals surface area (Å²) in [5.74, 6) is 1.14. The van der Waals surface area contributed by atoms with Crippen molar-refractivity contribution in [1.29, 1.82) is 0 Å². The van der Waals surface area contributed by atoms with E-state index in [2.05, 4.69) is 20.0 Å². The Hall–Kier alpha value is -1.55. The summed E-state index contributed by atoms with van der Waals surface area (Å²) in [5.41, 5.74) is 0.570. The number of rotatable bonds is 6. The Labute approximate surface area is 147 Å². The van der Waals surface area contributed by atoms with Crippen LogP contribution in [-0.4, -0.2) is 28.2 Å². The van der Waals surface area contributed by atoms with Crippen molar-refractivity contribution < 1.29 is 8.42 Å². The lowest BCUT2D eigenvalue weighted by atomic mass is 10.2. The van der Waals surface area contributed by atoms with Gasteiger partial charge in [-0.25, -0.2) is 13.1 Å². The number of benzene rings is 1. The predicted molar refractivity (Wildman–Crippen MR) is 91.5 cm³/mol. The number of halogens is 1. The molecule has 7 nitrogen and oxygen atoms in total. The van der Waals surface area contributed by atoms with Crippen LogP contribution in [-0.2, 0) is 22.3 Å². The zero-order valence-corrected chi connectivity index (χ0v) is 14.9. The van der Waals surface area contributed by atoms with Crippen LogP contribution in [0.2, 0.25) is 5.02 Å². The first-order valence-corrected chi connectivity index (χ1v) is 10.3. The molecule has 1 aliphatic rings. The first kappa shape index (κ1) is 15.9. The number of nitrogens with one attached hydrogen (secondary N) is 1. The average Bonchev–Trinajstić information content (AvgIpc) is 3.17. The molecule has 3 aromatic rings. The van der Waals surface area contributed by atoms with Gasteiger partial charge in [-0.05, 0) is 24.5 Å². The zero-order chi connectivity index (χ0) is 16.7. The Balaban J connectivity index is 1.46. The maximum atomic E-state index is 12.2. The molecule has 0 amide bonds. The average molecular weight is 384 g/mol. The number of sulfonamides is 1. The summed E-state index contributed by atoms with van der Waals surface area (Å²) in [6.45, 7) is 0.130. The summed E-state index contributed by atoms with van der Waals surface area (Å²) >= 11 is 7.36. The standard InChI is InChI=1S/C14H14ClN5O2S2/c15-11-4-2-1-3-10(11)8-24(21,22)16-7-12-19-20-13(9-5-6-9)17-18-14(20)23-12/h1-4,9,16H,5-8H2. The van der Waals surface area contributed by atoms with Crippen LogP contribution in [0.15, 0.2) is 24.3 Å². The Morgan fingerprint density at radius 2 is 2.08 bits per heavy atom. The van der Waals surface area contributed by atoms with E-state index in [4.69, 9.17) is 11.6 Å². The lowest BCUT2D eigenvalue weighted by Gasteiger charge is -2.06. The summed E-state index contributed by atoms with van der Waals surface area (Å²) in [7, 11) is -3.50. The molecule has 4 rings (SSSR count). The summed E-state index contributed by atoms with van der Waals surface area (Å²) in [6.07, 6.45) is 2.22. The molecule has 1 N–H and O–H groups in total. The van der Waals surface area contributed by atoms with Crippen molar-refractivity contribution in [3.05, 3.63) is 45.7 Å². The van der Waals surface area contributed by atoms with Gasteiger partial charge in [-0.1, -0.05) is 41.1 Å². The van der Waals surface area contributed by atoms with E-state index < -0.39 is 10.0 Å². The molecule has 2 heterocycles. The molecular weight excluding hydrogens is 370 g/mol. The minimum atomic E-state index is -3.50. The van der Waals surface area contributed by atoms with Gasteiger partial charge in [-0.2, -0.15) is 9.61 Å². The third-order valence-electron chi connectivity index (χ3n) is 3.75.